The Morgan fingerprint density at radius 1 is 0.846 bits per heavy atom. The molecule has 0 radical (unpaired) electrons. The lowest BCUT2D eigenvalue weighted by molar-refractivity contribution is 0.367. The molecule has 2 atom stereocenters. The van der Waals surface area contributed by atoms with Crippen molar-refractivity contribution < 1.29 is 9.47 Å². The fraction of sp³-hybridized carbons (Fsp3) is 0.714. The molecular weight excluding hydrogens is 472 g/mol. The van der Waals surface area contributed by atoms with Crippen LogP contribution in [0.3, 0.4) is 0 Å². The number of methoxy groups -OCH3 is 2. The van der Waals surface area contributed by atoms with E-state index in [0.717, 1.165) is 38.8 Å². The summed E-state index contributed by atoms with van der Waals surface area (Å²) in [4.78, 5) is 16.5. The van der Waals surface area contributed by atoms with Crippen molar-refractivity contribution in [1.82, 2.24) is 21.3 Å². The topological polar surface area (TPSA) is 116 Å². The molecule has 2 aliphatic rings. The van der Waals surface area contributed by atoms with Crippen LogP contribution in [-0.2, 0) is 9.47 Å². The zero-order valence-corrected chi connectivity index (χ0v) is 17.9. The van der Waals surface area contributed by atoms with Gasteiger partial charge in [0.25, 0.3) is 0 Å². The van der Waals surface area contributed by atoms with Gasteiger partial charge in [0.15, 0.2) is 0 Å². The molecule has 0 aromatic heterocycles. The first-order valence-electron chi connectivity index (χ1n) is 8.25. The third-order valence-electron chi connectivity index (χ3n) is 3.55. The molecule has 2 heterocycles. The summed E-state index contributed by atoms with van der Waals surface area (Å²) in [6.07, 6.45) is 7.36. The molecular formula is C14H24Br2N8O2. The molecule has 4 N–H and O–H groups in total. The minimum absolute atomic E-state index is 0.323. The lowest BCUT2D eigenvalue weighted by Crippen LogP contribution is -2.52. The van der Waals surface area contributed by atoms with E-state index in [0.29, 0.717) is 12.0 Å². The molecule has 146 valence electrons. The van der Waals surface area contributed by atoms with Crippen LogP contribution in [0.4, 0.5) is 0 Å². The van der Waals surface area contributed by atoms with Crippen molar-refractivity contribution in [2.24, 2.45) is 20.0 Å². The van der Waals surface area contributed by atoms with E-state index in [1.165, 1.54) is 14.2 Å². The minimum Gasteiger partial charge on any atom is -0.467 e. The van der Waals surface area contributed by atoms with Crippen molar-refractivity contribution in [1.29, 1.82) is 0 Å². The number of rotatable bonds is 9. The van der Waals surface area contributed by atoms with Crippen LogP contribution >= 0.6 is 31.9 Å². The first-order chi connectivity index (χ1) is 12.5. The number of nitrogens with one attached hydrogen (secondary N) is 4. The summed E-state index contributed by atoms with van der Waals surface area (Å²) >= 11 is 6.99. The molecule has 0 saturated heterocycles. The molecule has 10 nitrogen and oxygen atoms in total. The Balaban J connectivity index is 1.55. The third kappa shape index (κ3) is 6.82. The molecule has 0 aromatic rings. The summed E-state index contributed by atoms with van der Waals surface area (Å²) in [6, 6.07) is 0.645. The Morgan fingerprint density at radius 2 is 1.27 bits per heavy atom. The van der Waals surface area contributed by atoms with E-state index >= 15 is 0 Å². The minimum atomic E-state index is -0.755. The number of nitrogens with zero attached hydrogens (tertiary/aromatic N) is 4. The number of ether oxygens (including phenoxy) is 2. The maximum absolute atomic E-state index is 5.03. The van der Waals surface area contributed by atoms with E-state index in [1.807, 2.05) is 0 Å². The van der Waals surface area contributed by atoms with Crippen molar-refractivity contribution in [3.8, 4) is 0 Å². The van der Waals surface area contributed by atoms with Crippen LogP contribution in [0.25, 0.3) is 0 Å². The summed E-state index contributed by atoms with van der Waals surface area (Å²) in [5, 5.41) is 12.6. The van der Waals surface area contributed by atoms with Crippen molar-refractivity contribution >= 4 is 56.6 Å². The highest BCUT2D eigenvalue weighted by Gasteiger charge is 2.28. The smallest absolute Gasteiger partial charge is 0.317 e. The molecule has 0 saturated carbocycles. The van der Waals surface area contributed by atoms with Crippen molar-refractivity contribution in [3.05, 3.63) is 0 Å². The Kier molecular flexibility index (Phi) is 8.25. The lowest BCUT2D eigenvalue weighted by atomic mass is 10.2. The molecule has 2 aliphatic heterocycles. The molecule has 26 heavy (non-hydrogen) atoms. The lowest BCUT2D eigenvalue weighted by Gasteiger charge is -2.27. The third-order valence-corrected chi connectivity index (χ3v) is 4.92. The number of aliphatic imine (C=N–C) groups is 4. The summed E-state index contributed by atoms with van der Waals surface area (Å²) < 4.78 is 8.55. The van der Waals surface area contributed by atoms with Crippen LogP contribution in [0.2, 0.25) is 0 Å². The van der Waals surface area contributed by atoms with E-state index < -0.39 is 9.39 Å². The quantitative estimate of drug-likeness (QED) is 0.215. The highest BCUT2D eigenvalue weighted by atomic mass is 79.9. The highest BCUT2D eigenvalue weighted by Crippen LogP contribution is 2.16. The van der Waals surface area contributed by atoms with E-state index in [2.05, 4.69) is 73.1 Å². The Bertz CT molecular complexity index is 535. The standard InChI is InChI=1S/C14H24Br2N8O2/c1-25-11-17-9-21-13(15,23-11)19-7-5-3-4-6-8-20-14(16)22-10-18-12(24-14)26-2/h9-10,19-20H,3-8H2,1-2H3,(H,17,21,23)(H,18,22,24). The van der Waals surface area contributed by atoms with Gasteiger partial charge in [-0.2, -0.15) is 20.0 Å². The van der Waals surface area contributed by atoms with E-state index in [-0.39, 0.29) is 0 Å². The summed E-state index contributed by atoms with van der Waals surface area (Å²) in [5.41, 5.74) is 0. The van der Waals surface area contributed by atoms with Gasteiger partial charge in [-0.3, -0.25) is 10.6 Å². The van der Waals surface area contributed by atoms with Crippen LogP contribution in [-0.4, -0.2) is 61.4 Å². The van der Waals surface area contributed by atoms with Gasteiger partial charge >= 0.3 is 12.0 Å². The van der Waals surface area contributed by atoms with Gasteiger partial charge < -0.3 is 20.1 Å². The second-order valence-electron chi connectivity index (χ2n) is 5.51. The fourth-order valence-corrected chi connectivity index (χ4v) is 3.13. The fourth-order valence-electron chi connectivity index (χ4n) is 2.22. The van der Waals surface area contributed by atoms with Crippen molar-refractivity contribution in [2.75, 3.05) is 27.3 Å². The van der Waals surface area contributed by atoms with E-state index in [9.17, 15) is 0 Å². The van der Waals surface area contributed by atoms with Gasteiger partial charge in [-0.15, -0.1) is 0 Å². The maximum Gasteiger partial charge on any atom is 0.317 e. The SMILES string of the molecule is COC1=NC(Br)(NCCCCCCNC2(Br)N=C(OC)N=CN2)NC=N1. The van der Waals surface area contributed by atoms with Gasteiger partial charge in [0.2, 0.25) is 9.39 Å². The molecule has 0 fully saturated rings. The number of amidine groups is 2. The first kappa shape index (κ1) is 21.1. The summed E-state index contributed by atoms with van der Waals surface area (Å²) in [7, 11) is 3.08. The van der Waals surface area contributed by atoms with Gasteiger partial charge in [-0.1, -0.05) is 12.8 Å². The largest absolute Gasteiger partial charge is 0.467 e. The van der Waals surface area contributed by atoms with Gasteiger partial charge in [-0.25, -0.2) is 0 Å². The number of hydrogen-bond acceptors (Lipinski definition) is 10. The molecule has 0 aliphatic carbocycles. The second kappa shape index (κ2) is 10.2. The molecule has 2 unspecified atom stereocenters. The Labute approximate surface area is 169 Å². The molecule has 0 spiro atoms. The van der Waals surface area contributed by atoms with Crippen molar-refractivity contribution in [2.45, 2.75) is 35.1 Å². The van der Waals surface area contributed by atoms with Crippen LogP contribution in [0.15, 0.2) is 20.0 Å². The molecule has 0 aromatic carbocycles. The molecule has 12 heteroatoms. The number of halogens is 2. The van der Waals surface area contributed by atoms with Gasteiger partial charge in [0.1, 0.15) is 0 Å². The zero-order chi connectivity index (χ0) is 18.9. The van der Waals surface area contributed by atoms with Crippen LogP contribution in [0, 0.1) is 0 Å². The Hall–Kier alpha value is -1.24. The van der Waals surface area contributed by atoms with Crippen LogP contribution < -0.4 is 21.3 Å². The van der Waals surface area contributed by atoms with Crippen molar-refractivity contribution in [3.63, 3.8) is 0 Å². The monoisotopic (exact) mass is 494 g/mol. The maximum atomic E-state index is 5.03. The number of unbranched alkanes of at least 4 members (excludes halogenated alkanes) is 3. The average Bonchev–Trinajstić information content (AvgIpc) is 2.63. The van der Waals surface area contributed by atoms with Crippen LogP contribution in [0.1, 0.15) is 25.7 Å². The molecule has 0 bridgehead atoms. The van der Waals surface area contributed by atoms with Gasteiger partial charge in [-0.05, 0) is 57.8 Å². The van der Waals surface area contributed by atoms with Gasteiger partial charge in [0, 0.05) is 0 Å². The summed E-state index contributed by atoms with van der Waals surface area (Å²) in [6.45, 7) is 1.61. The van der Waals surface area contributed by atoms with Gasteiger partial charge in [0.05, 0.1) is 26.9 Å². The Morgan fingerprint density at radius 3 is 1.65 bits per heavy atom. The zero-order valence-electron chi connectivity index (χ0n) is 14.8. The predicted molar refractivity (Wildman–Crippen MR) is 110 cm³/mol. The highest BCUT2D eigenvalue weighted by molar-refractivity contribution is 9.10. The predicted octanol–water partition coefficient (Wildman–Crippen LogP) is 1.01. The van der Waals surface area contributed by atoms with E-state index in [1.54, 1.807) is 12.7 Å². The average molecular weight is 496 g/mol. The second-order valence-corrected chi connectivity index (χ2v) is 7.81. The number of hydrogen-bond donors (Lipinski definition) is 4. The number of alkyl halides is 2. The normalized spacial score (nSPS) is 27.2. The molecule has 2 rings (SSSR count). The summed E-state index contributed by atoms with van der Waals surface area (Å²) in [5.74, 6) is 0. The van der Waals surface area contributed by atoms with Crippen LogP contribution in [0.5, 0.6) is 0 Å². The molecule has 0 amide bonds. The first-order valence-corrected chi connectivity index (χ1v) is 9.83. The van der Waals surface area contributed by atoms with E-state index in [4.69, 9.17) is 9.47 Å².